The van der Waals surface area contributed by atoms with E-state index in [0.717, 1.165) is 6.29 Å². The number of carbonyl (C=O) groups excluding carboxylic acids is 1. The molecule has 0 fully saturated rings. The standard InChI is InChI=1S/C10H9FO3/c11-8-3-4-9-10(14-6-13-9)7(8)2-1-5-12/h3-5H,1-2,6H2. The van der Waals surface area contributed by atoms with Gasteiger partial charge in [-0.05, 0) is 18.6 Å². The molecule has 0 saturated carbocycles. The third-order valence-corrected chi connectivity index (χ3v) is 2.10. The summed E-state index contributed by atoms with van der Waals surface area (Å²) >= 11 is 0. The van der Waals surface area contributed by atoms with Crippen LogP contribution in [0, 0.1) is 5.82 Å². The molecule has 1 aliphatic rings. The van der Waals surface area contributed by atoms with Crippen LogP contribution in [0.15, 0.2) is 12.1 Å². The predicted octanol–water partition coefficient (Wildman–Crippen LogP) is 1.69. The van der Waals surface area contributed by atoms with Gasteiger partial charge in [0.1, 0.15) is 12.1 Å². The van der Waals surface area contributed by atoms with Crippen molar-refractivity contribution in [1.29, 1.82) is 0 Å². The largest absolute Gasteiger partial charge is 0.454 e. The van der Waals surface area contributed by atoms with Crippen molar-refractivity contribution in [3.8, 4) is 11.5 Å². The van der Waals surface area contributed by atoms with Crippen LogP contribution in [0.4, 0.5) is 4.39 Å². The first-order chi connectivity index (χ1) is 6.83. The van der Waals surface area contributed by atoms with E-state index in [2.05, 4.69) is 0 Å². The second-order valence-corrected chi connectivity index (χ2v) is 2.97. The van der Waals surface area contributed by atoms with E-state index in [1.165, 1.54) is 12.1 Å². The Hall–Kier alpha value is -1.58. The quantitative estimate of drug-likeness (QED) is 0.690. The normalized spacial score (nSPS) is 12.9. The molecule has 14 heavy (non-hydrogen) atoms. The minimum absolute atomic E-state index is 0.118. The van der Waals surface area contributed by atoms with Crippen molar-refractivity contribution in [3.63, 3.8) is 0 Å². The van der Waals surface area contributed by atoms with Gasteiger partial charge in [-0.2, -0.15) is 0 Å². The van der Waals surface area contributed by atoms with Gasteiger partial charge >= 0.3 is 0 Å². The number of hydrogen-bond acceptors (Lipinski definition) is 3. The van der Waals surface area contributed by atoms with Gasteiger partial charge in [0.2, 0.25) is 6.79 Å². The zero-order chi connectivity index (χ0) is 9.97. The second kappa shape index (κ2) is 3.65. The lowest BCUT2D eigenvalue weighted by molar-refractivity contribution is -0.107. The third-order valence-electron chi connectivity index (χ3n) is 2.10. The van der Waals surface area contributed by atoms with E-state index in [1.54, 1.807) is 0 Å². The summed E-state index contributed by atoms with van der Waals surface area (Å²) in [7, 11) is 0. The van der Waals surface area contributed by atoms with Crippen LogP contribution in [-0.4, -0.2) is 13.1 Å². The molecule has 0 bridgehead atoms. The van der Waals surface area contributed by atoms with Crippen LogP contribution in [0.3, 0.4) is 0 Å². The Bertz CT molecular complexity index is 363. The van der Waals surface area contributed by atoms with Gasteiger partial charge < -0.3 is 14.3 Å². The summed E-state index contributed by atoms with van der Waals surface area (Å²) in [4.78, 5) is 10.2. The molecule has 0 saturated heterocycles. The molecule has 0 unspecified atom stereocenters. The van der Waals surface area contributed by atoms with Gasteiger partial charge in [-0.3, -0.25) is 0 Å². The van der Waals surface area contributed by atoms with Crippen LogP contribution < -0.4 is 9.47 Å². The number of benzene rings is 1. The molecular weight excluding hydrogens is 187 g/mol. The summed E-state index contributed by atoms with van der Waals surface area (Å²) in [6.45, 7) is 0.118. The van der Waals surface area contributed by atoms with Crippen molar-refractivity contribution in [2.75, 3.05) is 6.79 Å². The van der Waals surface area contributed by atoms with Crippen molar-refractivity contribution >= 4 is 6.29 Å². The van der Waals surface area contributed by atoms with Gasteiger partial charge in [-0.25, -0.2) is 4.39 Å². The molecule has 1 heterocycles. The molecule has 0 atom stereocenters. The Morgan fingerprint density at radius 3 is 3.07 bits per heavy atom. The topological polar surface area (TPSA) is 35.5 Å². The molecule has 0 N–H and O–H groups in total. The van der Waals surface area contributed by atoms with Gasteiger partial charge in [0.25, 0.3) is 0 Å². The number of carbonyl (C=O) groups is 1. The molecule has 1 aliphatic heterocycles. The SMILES string of the molecule is O=CCCc1c(F)ccc2c1OCO2. The third kappa shape index (κ3) is 1.43. The van der Waals surface area contributed by atoms with Crippen LogP contribution in [0.1, 0.15) is 12.0 Å². The van der Waals surface area contributed by atoms with Gasteiger partial charge in [-0.15, -0.1) is 0 Å². The highest BCUT2D eigenvalue weighted by molar-refractivity contribution is 5.53. The molecule has 1 aromatic carbocycles. The first kappa shape index (κ1) is 8.99. The van der Waals surface area contributed by atoms with Crippen molar-refractivity contribution in [2.45, 2.75) is 12.8 Å². The smallest absolute Gasteiger partial charge is 0.231 e. The van der Waals surface area contributed by atoms with Gasteiger partial charge in [0.05, 0.1) is 0 Å². The Kier molecular flexibility index (Phi) is 2.35. The van der Waals surface area contributed by atoms with Gasteiger partial charge in [0, 0.05) is 12.0 Å². The first-order valence-electron chi connectivity index (χ1n) is 4.33. The summed E-state index contributed by atoms with van der Waals surface area (Å²) in [5, 5.41) is 0. The van der Waals surface area contributed by atoms with E-state index in [-0.39, 0.29) is 19.0 Å². The lowest BCUT2D eigenvalue weighted by atomic mass is 10.1. The van der Waals surface area contributed by atoms with Crippen LogP contribution in [-0.2, 0) is 11.2 Å². The number of rotatable bonds is 3. The molecule has 0 radical (unpaired) electrons. The highest BCUT2D eigenvalue weighted by Crippen LogP contribution is 2.37. The Balaban J connectivity index is 2.36. The van der Waals surface area contributed by atoms with Crippen LogP contribution in [0.2, 0.25) is 0 Å². The number of ether oxygens (including phenoxy) is 2. The number of fused-ring (bicyclic) bond motifs is 1. The molecule has 4 heteroatoms. The summed E-state index contributed by atoms with van der Waals surface area (Å²) in [6.07, 6.45) is 1.40. The van der Waals surface area contributed by atoms with Gasteiger partial charge in [-0.1, -0.05) is 0 Å². The minimum atomic E-state index is -0.351. The fraction of sp³-hybridized carbons (Fsp3) is 0.300. The van der Waals surface area contributed by atoms with E-state index < -0.39 is 0 Å². The highest BCUT2D eigenvalue weighted by atomic mass is 19.1. The first-order valence-corrected chi connectivity index (χ1v) is 4.33. The molecule has 2 rings (SSSR count). The Morgan fingerprint density at radius 1 is 1.43 bits per heavy atom. The van der Waals surface area contributed by atoms with Crippen molar-refractivity contribution in [2.24, 2.45) is 0 Å². The monoisotopic (exact) mass is 196 g/mol. The average Bonchev–Trinajstić information content (AvgIpc) is 2.64. The summed E-state index contributed by atoms with van der Waals surface area (Å²) in [5.41, 5.74) is 0.423. The molecule has 0 aliphatic carbocycles. The minimum Gasteiger partial charge on any atom is -0.454 e. The van der Waals surface area contributed by atoms with Crippen LogP contribution >= 0.6 is 0 Å². The van der Waals surface area contributed by atoms with Crippen molar-refractivity contribution < 1.29 is 18.7 Å². The van der Waals surface area contributed by atoms with E-state index in [9.17, 15) is 9.18 Å². The lowest BCUT2D eigenvalue weighted by Crippen LogP contribution is -1.96. The maximum absolute atomic E-state index is 13.3. The highest BCUT2D eigenvalue weighted by Gasteiger charge is 2.20. The number of hydrogen-bond donors (Lipinski definition) is 0. The molecule has 74 valence electrons. The fourth-order valence-corrected chi connectivity index (χ4v) is 1.44. The van der Waals surface area contributed by atoms with Gasteiger partial charge in [0.15, 0.2) is 11.5 Å². The van der Waals surface area contributed by atoms with Crippen molar-refractivity contribution in [1.82, 2.24) is 0 Å². The molecule has 0 amide bonds. The summed E-state index contributed by atoms with van der Waals surface area (Å²) in [5.74, 6) is 0.634. The number of aldehydes is 1. The maximum atomic E-state index is 13.3. The fourth-order valence-electron chi connectivity index (χ4n) is 1.44. The van der Waals surface area contributed by atoms with E-state index in [4.69, 9.17) is 9.47 Å². The molecule has 0 spiro atoms. The zero-order valence-electron chi connectivity index (χ0n) is 7.46. The van der Waals surface area contributed by atoms with Crippen molar-refractivity contribution in [3.05, 3.63) is 23.5 Å². The summed E-state index contributed by atoms with van der Waals surface area (Å²) < 4.78 is 23.5. The van der Waals surface area contributed by atoms with E-state index >= 15 is 0 Å². The summed E-state index contributed by atoms with van der Waals surface area (Å²) in [6, 6.07) is 2.86. The maximum Gasteiger partial charge on any atom is 0.231 e. The molecule has 3 nitrogen and oxygen atoms in total. The predicted molar refractivity (Wildman–Crippen MR) is 46.9 cm³/mol. The Morgan fingerprint density at radius 2 is 2.29 bits per heavy atom. The molecule has 0 aromatic heterocycles. The lowest BCUT2D eigenvalue weighted by Gasteiger charge is -2.04. The van der Waals surface area contributed by atoms with Crippen LogP contribution in [0.5, 0.6) is 11.5 Å². The molecular formula is C10H9FO3. The zero-order valence-corrected chi connectivity index (χ0v) is 7.46. The Labute approximate surface area is 80.4 Å². The molecule has 1 aromatic rings. The average molecular weight is 196 g/mol. The van der Waals surface area contributed by atoms with E-state index in [0.29, 0.717) is 23.5 Å². The van der Waals surface area contributed by atoms with Crippen LogP contribution in [0.25, 0.3) is 0 Å². The second-order valence-electron chi connectivity index (χ2n) is 2.97. The number of halogens is 1. The van der Waals surface area contributed by atoms with E-state index in [1.807, 2.05) is 0 Å².